The van der Waals surface area contributed by atoms with E-state index in [0.717, 1.165) is 18.4 Å². The number of aromatic nitrogens is 2. The highest BCUT2D eigenvalue weighted by molar-refractivity contribution is 6.32. The van der Waals surface area contributed by atoms with Gasteiger partial charge in [0.05, 0.1) is 10.7 Å². The third-order valence-corrected chi connectivity index (χ3v) is 5.41. The van der Waals surface area contributed by atoms with Crippen LogP contribution in [0.15, 0.2) is 30.3 Å². The van der Waals surface area contributed by atoms with Crippen LogP contribution in [-0.4, -0.2) is 22.2 Å². The molecule has 0 saturated heterocycles. The van der Waals surface area contributed by atoms with Crippen LogP contribution in [0.25, 0.3) is 6.08 Å². The summed E-state index contributed by atoms with van der Waals surface area (Å²) in [5.74, 6) is 0.240. The van der Waals surface area contributed by atoms with Crippen molar-refractivity contribution in [2.24, 2.45) is 0 Å². The van der Waals surface area contributed by atoms with Gasteiger partial charge in [-0.25, -0.2) is 0 Å². The summed E-state index contributed by atoms with van der Waals surface area (Å²) in [6.45, 7) is 4.83. The number of alkyl halides is 3. The van der Waals surface area contributed by atoms with Gasteiger partial charge in [0.2, 0.25) is 5.91 Å². The van der Waals surface area contributed by atoms with Gasteiger partial charge < -0.3 is 5.32 Å². The normalized spacial score (nSPS) is 14.6. The van der Waals surface area contributed by atoms with Crippen LogP contribution in [0.4, 0.5) is 13.2 Å². The minimum atomic E-state index is -4.57. The van der Waals surface area contributed by atoms with Crippen molar-refractivity contribution in [1.82, 2.24) is 15.1 Å². The molecule has 1 amide bonds. The van der Waals surface area contributed by atoms with Crippen LogP contribution in [-0.2, 0) is 17.5 Å². The molecule has 0 atom stereocenters. The van der Waals surface area contributed by atoms with Crippen molar-refractivity contribution in [1.29, 1.82) is 0 Å². The van der Waals surface area contributed by atoms with Crippen LogP contribution in [0, 0.1) is 0 Å². The lowest BCUT2D eigenvalue weighted by molar-refractivity contribution is -0.141. The Labute approximate surface area is 179 Å². The van der Waals surface area contributed by atoms with Crippen LogP contribution >= 0.6 is 11.6 Å². The molecule has 0 unspecified atom stereocenters. The second-order valence-electron chi connectivity index (χ2n) is 7.84. The van der Waals surface area contributed by atoms with E-state index < -0.39 is 11.9 Å². The fourth-order valence-electron chi connectivity index (χ4n) is 3.21. The minimum absolute atomic E-state index is 0.0423. The number of amides is 1. The summed E-state index contributed by atoms with van der Waals surface area (Å²) in [5, 5.41) is 6.14. The highest BCUT2D eigenvalue weighted by Crippen LogP contribution is 2.46. The maximum Gasteiger partial charge on any atom is 0.436 e. The third-order valence-electron chi connectivity index (χ3n) is 5.04. The number of benzene rings is 1. The second kappa shape index (κ2) is 9.25. The van der Waals surface area contributed by atoms with E-state index in [4.69, 9.17) is 11.6 Å². The first-order valence-corrected chi connectivity index (χ1v) is 10.4. The van der Waals surface area contributed by atoms with Gasteiger partial charge in [0.15, 0.2) is 5.69 Å². The predicted molar refractivity (Wildman–Crippen MR) is 111 cm³/mol. The Hall–Kier alpha value is -2.28. The molecule has 1 aromatic heterocycles. The fourth-order valence-corrected chi connectivity index (χ4v) is 3.61. The summed E-state index contributed by atoms with van der Waals surface area (Å²) >= 11 is 5.96. The van der Waals surface area contributed by atoms with Crippen molar-refractivity contribution in [3.05, 3.63) is 57.9 Å². The largest absolute Gasteiger partial charge is 0.436 e. The van der Waals surface area contributed by atoms with Crippen molar-refractivity contribution >= 4 is 23.6 Å². The summed E-state index contributed by atoms with van der Waals surface area (Å²) in [6, 6.07) is 7.98. The summed E-state index contributed by atoms with van der Waals surface area (Å²) in [5.41, 5.74) is 1.59. The Bertz CT molecular complexity index is 913. The van der Waals surface area contributed by atoms with Crippen molar-refractivity contribution in [2.45, 2.75) is 57.7 Å². The number of rotatable bonds is 8. The van der Waals surface area contributed by atoms with Gasteiger partial charge in [-0.2, -0.15) is 18.3 Å². The Balaban J connectivity index is 1.50. The molecule has 0 radical (unpaired) electrons. The molecule has 1 aliphatic carbocycles. The topological polar surface area (TPSA) is 46.9 Å². The highest BCUT2D eigenvalue weighted by Gasteiger charge is 2.41. The zero-order valence-electron chi connectivity index (χ0n) is 17.0. The molecule has 0 bridgehead atoms. The lowest BCUT2D eigenvalue weighted by Gasteiger charge is -2.07. The highest BCUT2D eigenvalue weighted by atomic mass is 35.5. The maximum atomic E-state index is 13.1. The van der Waals surface area contributed by atoms with Gasteiger partial charge in [0.25, 0.3) is 0 Å². The Kier molecular flexibility index (Phi) is 6.91. The van der Waals surface area contributed by atoms with Crippen molar-refractivity contribution < 1.29 is 18.0 Å². The first kappa shape index (κ1) is 22.4. The standard InChI is InChI=1S/C22H25ClF3N3O/c1-14(2)16-7-4-15(5-8-16)6-11-18(30)27-12-3-13-29-20(17-9-10-17)19(23)21(28-29)22(24,25)26/h4-8,11,14,17H,3,9-10,12-13H2,1-2H3,(H,27,30)/b11-6+. The van der Waals surface area contributed by atoms with Crippen LogP contribution in [0.1, 0.15) is 67.5 Å². The number of aryl methyl sites for hydroxylation is 1. The van der Waals surface area contributed by atoms with Crippen LogP contribution in [0.3, 0.4) is 0 Å². The second-order valence-corrected chi connectivity index (χ2v) is 8.22. The smallest absolute Gasteiger partial charge is 0.352 e. The van der Waals surface area contributed by atoms with Crippen LogP contribution in [0.5, 0.6) is 0 Å². The van der Waals surface area contributed by atoms with Gasteiger partial charge in [0.1, 0.15) is 0 Å². The maximum absolute atomic E-state index is 13.1. The Morgan fingerprint density at radius 3 is 2.53 bits per heavy atom. The average Bonchev–Trinajstić information content (AvgIpc) is 3.46. The molecule has 0 spiro atoms. The van der Waals surface area contributed by atoms with E-state index in [1.165, 1.54) is 16.3 Å². The Morgan fingerprint density at radius 1 is 1.30 bits per heavy atom. The van der Waals surface area contributed by atoms with Crippen molar-refractivity contribution in [2.75, 3.05) is 6.54 Å². The van der Waals surface area contributed by atoms with E-state index in [1.807, 2.05) is 24.3 Å². The van der Waals surface area contributed by atoms with Gasteiger partial charge in [0, 0.05) is 25.1 Å². The van der Waals surface area contributed by atoms with E-state index in [9.17, 15) is 18.0 Å². The summed E-state index contributed by atoms with van der Waals surface area (Å²) in [6.07, 6.45) is 0.709. The molecule has 1 aliphatic rings. The number of nitrogens with one attached hydrogen (secondary N) is 1. The lowest BCUT2D eigenvalue weighted by Crippen LogP contribution is -2.23. The molecule has 4 nitrogen and oxygen atoms in total. The van der Waals surface area contributed by atoms with Crippen molar-refractivity contribution in [3.8, 4) is 0 Å². The molecule has 8 heteroatoms. The van der Waals surface area contributed by atoms with Crippen LogP contribution in [0.2, 0.25) is 5.02 Å². The van der Waals surface area contributed by atoms with Crippen molar-refractivity contribution in [3.63, 3.8) is 0 Å². The molecule has 1 saturated carbocycles. The Morgan fingerprint density at radius 2 is 1.97 bits per heavy atom. The average molecular weight is 440 g/mol. The van der Waals surface area contributed by atoms with E-state index in [2.05, 4.69) is 24.3 Å². The summed E-state index contributed by atoms with van der Waals surface area (Å²) < 4.78 is 40.6. The minimum Gasteiger partial charge on any atom is -0.352 e. The number of halogens is 4. The number of nitrogens with zero attached hydrogens (tertiary/aromatic N) is 2. The van der Waals surface area contributed by atoms with Gasteiger partial charge in [-0.05, 0) is 42.4 Å². The third kappa shape index (κ3) is 5.65. The number of hydrogen-bond donors (Lipinski definition) is 1. The predicted octanol–water partition coefficient (Wildman–Crippen LogP) is 5.78. The summed E-state index contributed by atoms with van der Waals surface area (Å²) in [4.78, 5) is 12.0. The van der Waals surface area contributed by atoms with Crippen LogP contribution < -0.4 is 5.32 Å². The molecule has 1 heterocycles. The zero-order chi connectivity index (χ0) is 21.9. The number of carbonyl (C=O) groups excluding carboxylic acids is 1. The molecule has 1 N–H and O–H groups in total. The molecule has 3 rings (SSSR count). The van der Waals surface area contributed by atoms with Gasteiger partial charge in [-0.15, -0.1) is 0 Å². The molecular formula is C22H25ClF3N3O. The number of hydrogen-bond acceptors (Lipinski definition) is 2. The fraction of sp³-hybridized carbons (Fsp3) is 0.455. The van der Waals surface area contributed by atoms with Gasteiger partial charge in [-0.3, -0.25) is 9.48 Å². The van der Waals surface area contributed by atoms with E-state index >= 15 is 0 Å². The lowest BCUT2D eigenvalue weighted by atomic mass is 10.0. The van der Waals surface area contributed by atoms with Gasteiger partial charge >= 0.3 is 6.18 Å². The SMILES string of the molecule is CC(C)c1ccc(/C=C/C(=O)NCCCn2nc(C(F)(F)F)c(Cl)c2C2CC2)cc1. The monoisotopic (exact) mass is 439 g/mol. The first-order chi connectivity index (χ1) is 14.2. The molecule has 1 fully saturated rings. The molecule has 2 aromatic rings. The van der Waals surface area contributed by atoms with E-state index in [0.29, 0.717) is 24.6 Å². The first-order valence-electron chi connectivity index (χ1n) is 10.1. The van der Waals surface area contributed by atoms with E-state index in [-0.39, 0.29) is 23.4 Å². The van der Waals surface area contributed by atoms with E-state index in [1.54, 1.807) is 6.08 Å². The molecule has 0 aliphatic heterocycles. The van der Waals surface area contributed by atoms with Gasteiger partial charge in [-0.1, -0.05) is 49.7 Å². The molecule has 30 heavy (non-hydrogen) atoms. The molecule has 162 valence electrons. The zero-order valence-corrected chi connectivity index (χ0v) is 17.7. The summed E-state index contributed by atoms with van der Waals surface area (Å²) in [7, 11) is 0. The molecule has 1 aromatic carbocycles. The molecular weight excluding hydrogens is 415 g/mol. The quantitative estimate of drug-likeness (QED) is 0.419. The number of carbonyl (C=O) groups is 1.